The minimum absolute atomic E-state index is 0.0641. The molecule has 1 N–H and O–H groups in total. The van der Waals surface area contributed by atoms with E-state index in [9.17, 15) is 9.59 Å². The predicted molar refractivity (Wildman–Crippen MR) is 64.4 cm³/mol. The Bertz CT molecular complexity index is 458. The average Bonchev–Trinajstić information content (AvgIpc) is 2.37. The molecule has 2 heterocycles. The zero-order chi connectivity index (χ0) is 13.1. The molecule has 1 aliphatic heterocycles. The Hall–Kier alpha value is -1.98. The van der Waals surface area contributed by atoms with Crippen LogP contribution in [0.5, 0.6) is 0 Å². The van der Waals surface area contributed by atoms with Gasteiger partial charge in [-0.25, -0.2) is 0 Å². The van der Waals surface area contributed by atoms with E-state index in [2.05, 4.69) is 15.3 Å². The number of amides is 2. The maximum atomic E-state index is 11.8. The lowest BCUT2D eigenvalue weighted by Gasteiger charge is -2.34. The number of hydrogen-bond acceptors (Lipinski definition) is 4. The minimum Gasteiger partial charge on any atom is -0.345 e. The molecule has 6 heteroatoms. The maximum absolute atomic E-state index is 11.8. The Labute approximate surface area is 105 Å². The first-order valence-electron chi connectivity index (χ1n) is 5.96. The molecule has 6 nitrogen and oxygen atoms in total. The summed E-state index contributed by atoms with van der Waals surface area (Å²) in [6.07, 6.45) is 3.89. The molecule has 2 amide bonds. The third-order valence-corrected chi connectivity index (χ3v) is 2.97. The van der Waals surface area contributed by atoms with Crippen LogP contribution in [0.1, 0.15) is 24.7 Å². The Balaban J connectivity index is 2.16. The van der Waals surface area contributed by atoms with Gasteiger partial charge in [0.05, 0.1) is 30.7 Å². The maximum Gasteiger partial charge on any atom is 0.243 e. The quantitative estimate of drug-likeness (QED) is 0.818. The molecule has 1 fully saturated rings. The largest absolute Gasteiger partial charge is 0.345 e. The molecule has 0 aromatic carbocycles. The molecule has 0 aliphatic carbocycles. The van der Waals surface area contributed by atoms with E-state index in [4.69, 9.17) is 0 Å². The number of carbonyl (C=O) groups excluding carboxylic acids is 2. The highest BCUT2D eigenvalue weighted by molar-refractivity contribution is 5.94. The molecular weight excluding hydrogens is 232 g/mol. The van der Waals surface area contributed by atoms with Crippen LogP contribution in [0.15, 0.2) is 12.4 Å². The lowest BCUT2D eigenvalue weighted by atomic mass is 10.1. The van der Waals surface area contributed by atoms with Gasteiger partial charge in [-0.2, -0.15) is 0 Å². The van der Waals surface area contributed by atoms with E-state index in [1.807, 2.05) is 13.8 Å². The summed E-state index contributed by atoms with van der Waals surface area (Å²) in [5.74, 6) is -0.180. The van der Waals surface area contributed by atoms with Gasteiger partial charge in [0.25, 0.3) is 0 Å². The molecule has 1 aromatic rings. The van der Waals surface area contributed by atoms with Crippen LogP contribution >= 0.6 is 0 Å². The van der Waals surface area contributed by atoms with Gasteiger partial charge in [-0.05, 0) is 13.3 Å². The van der Waals surface area contributed by atoms with Crippen LogP contribution in [0.25, 0.3) is 0 Å². The van der Waals surface area contributed by atoms with Crippen LogP contribution in [0.2, 0.25) is 0 Å². The molecule has 18 heavy (non-hydrogen) atoms. The average molecular weight is 248 g/mol. The summed E-state index contributed by atoms with van der Waals surface area (Å²) in [5, 5.41) is 2.59. The molecule has 1 aliphatic rings. The van der Waals surface area contributed by atoms with E-state index in [1.54, 1.807) is 17.3 Å². The number of nitrogens with zero attached hydrogens (tertiary/aromatic N) is 3. The molecule has 2 rings (SSSR count). The molecule has 0 radical (unpaired) electrons. The third kappa shape index (κ3) is 2.47. The summed E-state index contributed by atoms with van der Waals surface area (Å²) in [5.41, 5.74) is 1.52. The summed E-state index contributed by atoms with van der Waals surface area (Å²) >= 11 is 0. The molecule has 1 saturated heterocycles. The first kappa shape index (κ1) is 12.5. The van der Waals surface area contributed by atoms with E-state index < -0.39 is 6.04 Å². The van der Waals surface area contributed by atoms with Gasteiger partial charge >= 0.3 is 0 Å². The second-order valence-corrected chi connectivity index (χ2v) is 4.31. The van der Waals surface area contributed by atoms with Gasteiger partial charge in [-0.1, -0.05) is 6.92 Å². The number of nitrogens with one attached hydrogen (secondary N) is 1. The van der Waals surface area contributed by atoms with Gasteiger partial charge in [0, 0.05) is 6.20 Å². The predicted octanol–water partition coefficient (Wildman–Crippen LogP) is 0.0220. The van der Waals surface area contributed by atoms with Crippen molar-refractivity contribution in [3.05, 3.63) is 23.8 Å². The molecule has 0 spiro atoms. The van der Waals surface area contributed by atoms with Crippen LogP contribution in [0.4, 0.5) is 0 Å². The van der Waals surface area contributed by atoms with Crippen molar-refractivity contribution in [1.29, 1.82) is 0 Å². The number of hydrogen-bond donors (Lipinski definition) is 1. The second-order valence-electron chi connectivity index (χ2n) is 4.31. The summed E-state index contributed by atoms with van der Waals surface area (Å²) < 4.78 is 0. The topological polar surface area (TPSA) is 75.2 Å². The zero-order valence-corrected chi connectivity index (χ0v) is 10.5. The van der Waals surface area contributed by atoms with Gasteiger partial charge in [0.1, 0.15) is 6.04 Å². The van der Waals surface area contributed by atoms with Gasteiger partial charge in [-0.3, -0.25) is 19.6 Å². The SMILES string of the molecule is CCC1C(=O)NCC(=O)N1Cc1cnc(C)cn1. The molecule has 1 atom stereocenters. The summed E-state index contributed by atoms with van der Waals surface area (Å²) in [7, 11) is 0. The summed E-state index contributed by atoms with van der Waals surface area (Å²) in [6.45, 7) is 4.13. The summed E-state index contributed by atoms with van der Waals surface area (Å²) in [4.78, 5) is 33.4. The van der Waals surface area contributed by atoms with Crippen molar-refractivity contribution >= 4 is 11.8 Å². The molecule has 0 bridgehead atoms. The molecular formula is C12H16N4O2. The van der Waals surface area contributed by atoms with Gasteiger partial charge in [0.15, 0.2) is 0 Å². The van der Waals surface area contributed by atoms with Crippen molar-refractivity contribution in [2.45, 2.75) is 32.9 Å². The normalized spacial score (nSPS) is 19.9. The van der Waals surface area contributed by atoms with Crippen LogP contribution in [-0.4, -0.2) is 39.3 Å². The van der Waals surface area contributed by atoms with E-state index >= 15 is 0 Å². The van der Waals surface area contributed by atoms with E-state index in [1.165, 1.54) is 0 Å². The minimum atomic E-state index is -0.408. The molecule has 0 saturated carbocycles. The third-order valence-electron chi connectivity index (χ3n) is 2.97. The van der Waals surface area contributed by atoms with Crippen molar-refractivity contribution in [1.82, 2.24) is 20.2 Å². The van der Waals surface area contributed by atoms with E-state index in [-0.39, 0.29) is 18.4 Å². The highest BCUT2D eigenvalue weighted by Gasteiger charge is 2.33. The zero-order valence-electron chi connectivity index (χ0n) is 10.5. The highest BCUT2D eigenvalue weighted by Crippen LogP contribution is 2.12. The lowest BCUT2D eigenvalue weighted by Crippen LogP contribution is -2.57. The Morgan fingerprint density at radius 3 is 2.78 bits per heavy atom. The number of carbonyl (C=O) groups is 2. The first-order chi connectivity index (χ1) is 8.61. The van der Waals surface area contributed by atoms with E-state index in [0.29, 0.717) is 18.7 Å². The smallest absolute Gasteiger partial charge is 0.243 e. The van der Waals surface area contributed by atoms with Crippen molar-refractivity contribution < 1.29 is 9.59 Å². The van der Waals surface area contributed by atoms with Crippen LogP contribution in [-0.2, 0) is 16.1 Å². The van der Waals surface area contributed by atoms with Crippen molar-refractivity contribution in [3.8, 4) is 0 Å². The van der Waals surface area contributed by atoms with E-state index in [0.717, 1.165) is 5.69 Å². The van der Waals surface area contributed by atoms with Gasteiger partial charge in [0.2, 0.25) is 11.8 Å². The van der Waals surface area contributed by atoms with Crippen LogP contribution < -0.4 is 5.32 Å². The standard InChI is InChI=1S/C12H16N4O2/c1-3-10-12(18)15-6-11(17)16(10)7-9-5-13-8(2)4-14-9/h4-5,10H,3,6-7H2,1-2H3,(H,15,18). The molecule has 96 valence electrons. The first-order valence-corrected chi connectivity index (χ1v) is 5.96. The summed E-state index contributed by atoms with van der Waals surface area (Å²) in [6, 6.07) is -0.408. The fourth-order valence-corrected chi connectivity index (χ4v) is 1.98. The van der Waals surface area contributed by atoms with Crippen molar-refractivity contribution in [2.75, 3.05) is 6.54 Å². The van der Waals surface area contributed by atoms with Crippen LogP contribution in [0.3, 0.4) is 0 Å². The Morgan fingerprint density at radius 2 is 2.17 bits per heavy atom. The second kappa shape index (κ2) is 5.12. The van der Waals surface area contributed by atoms with Crippen molar-refractivity contribution in [2.24, 2.45) is 0 Å². The number of aryl methyl sites for hydroxylation is 1. The molecule has 1 aromatic heterocycles. The lowest BCUT2D eigenvalue weighted by molar-refractivity contribution is -0.146. The van der Waals surface area contributed by atoms with Gasteiger partial charge in [-0.15, -0.1) is 0 Å². The highest BCUT2D eigenvalue weighted by atomic mass is 16.2. The molecule has 1 unspecified atom stereocenters. The van der Waals surface area contributed by atoms with Gasteiger partial charge < -0.3 is 10.2 Å². The Morgan fingerprint density at radius 1 is 1.39 bits per heavy atom. The fourth-order valence-electron chi connectivity index (χ4n) is 1.98. The van der Waals surface area contributed by atoms with Crippen molar-refractivity contribution in [3.63, 3.8) is 0 Å². The monoisotopic (exact) mass is 248 g/mol. The number of rotatable bonds is 3. The van der Waals surface area contributed by atoms with Crippen LogP contribution in [0, 0.1) is 6.92 Å². The number of piperazine rings is 1. The number of aromatic nitrogens is 2. The Kier molecular flexibility index (Phi) is 3.55. The fraction of sp³-hybridized carbons (Fsp3) is 0.500.